The number of aliphatic hydroxyl groups is 3. The second kappa shape index (κ2) is 4.35. The average Bonchev–Trinajstić information content (AvgIpc) is 2.92. The van der Waals surface area contributed by atoms with Gasteiger partial charge in [0.05, 0.1) is 18.5 Å². The van der Waals surface area contributed by atoms with Gasteiger partial charge in [-0.1, -0.05) is 0 Å². The van der Waals surface area contributed by atoms with E-state index in [1.807, 2.05) is 0 Å². The Kier molecular flexibility index (Phi) is 2.87. The fraction of sp³-hybridized carbons (Fsp3) is 0.545. The molecule has 9 nitrogen and oxygen atoms in total. The third-order valence-electron chi connectivity index (χ3n) is 3.60. The van der Waals surface area contributed by atoms with Gasteiger partial charge in [-0.25, -0.2) is 14.5 Å². The monoisotopic (exact) mass is 281 g/mol. The summed E-state index contributed by atoms with van der Waals surface area (Å²) in [6.45, 7) is 1.03. The lowest BCUT2D eigenvalue weighted by atomic mass is 9.91. The highest BCUT2D eigenvalue weighted by Crippen LogP contribution is 2.41. The lowest BCUT2D eigenvalue weighted by Crippen LogP contribution is -2.43. The molecular weight excluding hydrogens is 266 g/mol. The zero-order chi connectivity index (χ0) is 14.5. The maximum Gasteiger partial charge on any atom is 0.196 e. The maximum absolute atomic E-state index is 10.4. The molecule has 0 bridgehead atoms. The van der Waals surface area contributed by atoms with E-state index in [-0.39, 0.29) is 5.82 Å². The van der Waals surface area contributed by atoms with Crippen molar-refractivity contribution >= 4 is 11.5 Å². The molecule has 0 unspecified atom stereocenters. The molecule has 108 valence electrons. The molecule has 0 amide bonds. The van der Waals surface area contributed by atoms with Crippen molar-refractivity contribution in [2.75, 3.05) is 12.3 Å². The number of nitrogens with two attached hydrogens (primary N) is 1. The standard InChI is InChI=1S/C11H15N5O4/c1-11(19)7(18)6(3-17)20-8(11)5-2-13-10-9(12)14-4-15-16(5)10/h2,4,6-8,17-19H,3H2,1H3,(H2,12,14,15)/t6-,7-,8+,11-/m1/s1. The first-order chi connectivity index (χ1) is 9.46. The minimum Gasteiger partial charge on any atom is -0.394 e. The molecule has 5 N–H and O–H groups in total. The third-order valence-corrected chi connectivity index (χ3v) is 3.60. The van der Waals surface area contributed by atoms with Crippen LogP contribution >= 0.6 is 0 Å². The molecule has 1 aliphatic rings. The van der Waals surface area contributed by atoms with E-state index in [0.717, 1.165) is 0 Å². The van der Waals surface area contributed by atoms with Crippen molar-refractivity contribution in [3.8, 4) is 0 Å². The van der Waals surface area contributed by atoms with Crippen LogP contribution < -0.4 is 5.73 Å². The maximum atomic E-state index is 10.4. The van der Waals surface area contributed by atoms with Crippen LogP contribution in [0.3, 0.4) is 0 Å². The van der Waals surface area contributed by atoms with E-state index in [4.69, 9.17) is 10.5 Å². The lowest BCUT2D eigenvalue weighted by molar-refractivity contribution is -0.0665. The molecule has 3 heterocycles. The number of anilines is 1. The number of aromatic nitrogens is 4. The number of hydrogen-bond donors (Lipinski definition) is 4. The van der Waals surface area contributed by atoms with Gasteiger partial charge in [-0.3, -0.25) is 0 Å². The molecule has 4 atom stereocenters. The van der Waals surface area contributed by atoms with E-state index in [1.54, 1.807) is 0 Å². The summed E-state index contributed by atoms with van der Waals surface area (Å²) in [6, 6.07) is 0. The highest BCUT2D eigenvalue weighted by Gasteiger charge is 2.53. The first-order valence-electron chi connectivity index (χ1n) is 6.07. The zero-order valence-corrected chi connectivity index (χ0v) is 10.7. The van der Waals surface area contributed by atoms with Crippen LogP contribution in [0.2, 0.25) is 0 Å². The van der Waals surface area contributed by atoms with Gasteiger partial charge in [-0.15, -0.1) is 0 Å². The van der Waals surface area contributed by atoms with Gasteiger partial charge >= 0.3 is 0 Å². The SMILES string of the molecule is C[C@@]1(O)[C@H](O)[C@@H](CO)O[C@H]1c1cnc2c(N)ncnn12. The van der Waals surface area contributed by atoms with Gasteiger partial charge in [0.1, 0.15) is 30.2 Å². The molecule has 3 rings (SSSR count). The van der Waals surface area contributed by atoms with Gasteiger partial charge in [0.25, 0.3) is 0 Å². The molecule has 1 fully saturated rings. The van der Waals surface area contributed by atoms with Gasteiger partial charge in [0, 0.05) is 0 Å². The normalized spacial score (nSPS) is 33.9. The molecule has 0 saturated carbocycles. The van der Waals surface area contributed by atoms with E-state index in [9.17, 15) is 15.3 Å². The molecule has 2 aromatic rings. The second-order valence-electron chi connectivity index (χ2n) is 4.97. The topological polar surface area (TPSA) is 139 Å². The Morgan fingerprint density at radius 3 is 2.90 bits per heavy atom. The summed E-state index contributed by atoms with van der Waals surface area (Å²) in [5.74, 6) is 0.197. The summed E-state index contributed by atoms with van der Waals surface area (Å²) in [6.07, 6.45) is -0.274. The molecule has 20 heavy (non-hydrogen) atoms. The summed E-state index contributed by atoms with van der Waals surface area (Å²) >= 11 is 0. The van der Waals surface area contributed by atoms with Crippen LogP contribution in [0.15, 0.2) is 12.5 Å². The predicted molar refractivity (Wildman–Crippen MR) is 66.5 cm³/mol. The van der Waals surface area contributed by atoms with E-state index >= 15 is 0 Å². The van der Waals surface area contributed by atoms with Crippen molar-refractivity contribution < 1.29 is 20.1 Å². The van der Waals surface area contributed by atoms with Crippen molar-refractivity contribution in [2.24, 2.45) is 0 Å². The van der Waals surface area contributed by atoms with Crippen molar-refractivity contribution in [2.45, 2.75) is 30.8 Å². The van der Waals surface area contributed by atoms with Crippen LogP contribution in [-0.4, -0.2) is 59.3 Å². The summed E-state index contributed by atoms with van der Waals surface area (Å²) < 4.78 is 6.92. The molecule has 1 aliphatic heterocycles. The highest BCUT2D eigenvalue weighted by atomic mass is 16.6. The number of ether oxygens (including phenoxy) is 1. The van der Waals surface area contributed by atoms with Crippen LogP contribution in [-0.2, 0) is 4.74 Å². The number of hydrogen-bond acceptors (Lipinski definition) is 8. The van der Waals surface area contributed by atoms with Crippen molar-refractivity contribution in [1.82, 2.24) is 19.6 Å². The van der Waals surface area contributed by atoms with Gasteiger partial charge in [0.2, 0.25) is 0 Å². The van der Waals surface area contributed by atoms with Crippen molar-refractivity contribution in [1.29, 1.82) is 0 Å². The van der Waals surface area contributed by atoms with Crippen LogP contribution in [0.25, 0.3) is 5.65 Å². The van der Waals surface area contributed by atoms with E-state index in [0.29, 0.717) is 11.3 Å². The van der Waals surface area contributed by atoms with E-state index in [1.165, 1.54) is 24.0 Å². The third kappa shape index (κ3) is 1.68. The fourth-order valence-electron chi connectivity index (χ4n) is 2.46. The number of aliphatic hydroxyl groups excluding tert-OH is 2. The van der Waals surface area contributed by atoms with Gasteiger partial charge in [-0.2, -0.15) is 5.10 Å². The molecule has 9 heteroatoms. The minimum absolute atomic E-state index is 0.197. The molecule has 0 aliphatic carbocycles. The van der Waals surface area contributed by atoms with Crippen LogP contribution in [0, 0.1) is 0 Å². The first-order valence-corrected chi connectivity index (χ1v) is 6.07. The number of fused-ring (bicyclic) bond motifs is 1. The number of nitrogen functional groups attached to an aromatic ring is 1. The average molecular weight is 281 g/mol. The van der Waals surface area contributed by atoms with Gasteiger partial charge in [-0.05, 0) is 6.92 Å². The minimum atomic E-state index is -1.58. The Bertz CT molecular complexity index is 643. The van der Waals surface area contributed by atoms with E-state index < -0.39 is 30.5 Å². The van der Waals surface area contributed by atoms with Gasteiger partial charge < -0.3 is 25.8 Å². The smallest absolute Gasteiger partial charge is 0.196 e. The summed E-state index contributed by atoms with van der Waals surface area (Å²) in [7, 11) is 0. The largest absolute Gasteiger partial charge is 0.394 e. The lowest BCUT2D eigenvalue weighted by Gasteiger charge is -2.25. The second-order valence-corrected chi connectivity index (χ2v) is 4.97. The summed E-state index contributed by atoms with van der Waals surface area (Å²) in [5, 5.41) is 33.6. The van der Waals surface area contributed by atoms with E-state index in [2.05, 4.69) is 15.1 Å². The Labute approximate surface area is 113 Å². The Balaban J connectivity index is 2.10. The molecular formula is C11H15N5O4. The Morgan fingerprint density at radius 2 is 2.25 bits per heavy atom. The predicted octanol–water partition coefficient (Wildman–Crippen LogP) is -1.75. The van der Waals surface area contributed by atoms with Crippen LogP contribution in [0.5, 0.6) is 0 Å². The quantitative estimate of drug-likeness (QED) is 0.508. The first kappa shape index (κ1) is 13.2. The highest BCUT2D eigenvalue weighted by molar-refractivity contribution is 5.58. The number of rotatable bonds is 2. The fourth-order valence-corrected chi connectivity index (χ4v) is 2.46. The molecule has 0 spiro atoms. The molecule has 2 aromatic heterocycles. The van der Waals surface area contributed by atoms with Crippen molar-refractivity contribution in [3.63, 3.8) is 0 Å². The molecule has 0 radical (unpaired) electrons. The summed E-state index contributed by atoms with van der Waals surface area (Å²) in [4.78, 5) is 7.90. The number of nitrogens with zero attached hydrogens (tertiary/aromatic N) is 4. The van der Waals surface area contributed by atoms with Crippen LogP contribution in [0.4, 0.5) is 5.82 Å². The summed E-state index contributed by atoms with van der Waals surface area (Å²) in [5.41, 5.74) is 4.87. The molecule has 0 aromatic carbocycles. The molecule has 1 saturated heterocycles. The van der Waals surface area contributed by atoms with Crippen molar-refractivity contribution in [3.05, 3.63) is 18.2 Å². The number of imidazole rings is 1. The van der Waals surface area contributed by atoms with Gasteiger partial charge in [0.15, 0.2) is 11.5 Å². The Hall–Kier alpha value is -1.81. The van der Waals surface area contributed by atoms with Crippen LogP contribution in [0.1, 0.15) is 18.7 Å². The zero-order valence-electron chi connectivity index (χ0n) is 10.7. The Morgan fingerprint density at radius 1 is 1.50 bits per heavy atom.